The van der Waals surface area contributed by atoms with Gasteiger partial charge in [-0.3, -0.25) is 0 Å². The maximum absolute atomic E-state index is 12.9. The molecular formula is C27H25NO4. The van der Waals surface area contributed by atoms with Crippen molar-refractivity contribution in [1.29, 1.82) is 0 Å². The topological polar surface area (TPSA) is 75.6 Å². The molecule has 0 aliphatic heterocycles. The number of alkyl carbamates (subject to hydrolysis) is 1. The van der Waals surface area contributed by atoms with Crippen LogP contribution in [0.25, 0.3) is 11.1 Å². The van der Waals surface area contributed by atoms with Crippen LogP contribution in [0.2, 0.25) is 0 Å². The summed E-state index contributed by atoms with van der Waals surface area (Å²) in [6, 6.07) is 23.7. The Kier molecular flexibility index (Phi) is 5.17. The first-order valence-corrected chi connectivity index (χ1v) is 11.0. The molecule has 0 spiro atoms. The molecule has 0 saturated heterocycles. The Bertz CT molecular complexity index is 1140. The van der Waals surface area contributed by atoms with Gasteiger partial charge in [-0.05, 0) is 59.1 Å². The third-order valence-electron chi connectivity index (χ3n) is 6.75. The predicted molar refractivity (Wildman–Crippen MR) is 122 cm³/mol. The molecule has 5 heteroatoms. The third kappa shape index (κ3) is 3.34. The summed E-state index contributed by atoms with van der Waals surface area (Å²) in [6.07, 6.45) is 2.04. The molecule has 0 radical (unpaired) electrons. The lowest BCUT2D eigenvalue weighted by molar-refractivity contribution is -0.145. The van der Waals surface area contributed by atoms with Gasteiger partial charge in [0.2, 0.25) is 0 Å². The molecule has 3 aromatic rings. The summed E-state index contributed by atoms with van der Waals surface area (Å²) >= 11 is 0. The summed E-state index contributed by atoms with van der Waals surface area (Å²) in [4.78, 5) is 25.4. The van der Waals surface area contributed by atoms with E-state index in [1.807, 2.05) is 42.5 Å². The number of benzene rings is 3. The first-order chi connectivity index (χ1) is 15.6. The fourth-order valence-corrected chi connectivity index (χ4v) is 5.21. The number of rotatable bonds is 4. The molecule has 0 unspecified atom stereocenters. The van der Waals surface area contributed by atoms with E-state index in [4.69, 9.17) is 4.74 Å². The lowest BCUT2D eigenvalue weighted by atomic mass is 9.84. The van der Waals surface area contributed by atoms with Crippen molar-refractivity contribution in [3.05, 3.63) is 95.1 Å². The van der Waals surface area contributed by atoms with Gasteiger partial charge in [0.05, 0.1) is 0 Å². The summed E-state index contributed by atoms with van der Waals surface area (Å²) in [7, 11) is 0. The van der Waals surface area contributed by atoms with Gasteiger partial charge in [0.15, 0.2) is 5.54 Å². The van der Waals surface area contributed by atoms with Crippen molar-refractivity contribution in [2.45, 2.75) is 37.1 Å². The highest BCUT2D eigenvalue weighted by molar-refractivity contribution is 5.86. The zero-order valence-electron chi connectivity index (χ0n) is 17.7. The van der Waals surface area contributed by atoms with Crippen LogP contribution in [-0.2, 0) is 21.5 Å². The lowest BCUT2D eigenvalue weighted by Gasteiger charge is -2.31. The second-order valence-corrected chi connectivity index (χ2v) is 8.53. The maximum Gasteiger partial charge on any atom is 0.408 e. The van der Waals surface area contributed by atoms with E-state index in [9.17, 15) is 14.7 Å². The number of ether oxygens (including phenoxy) is 1. The molecule has 0 saturated carbocycles. The van der Waals surface area contributed by atoms with E-state index in [-0.39, 0.29) is 12.5 Å². The minimum atomic E-state index is -1.48. The number of hydrogen-bond acceptors (Lipinski definition) is 3. The Hall–Kier alpha value is -3.60. The number of aliphatic carboxylic acids is 1. The monoisotopic (exact) mass is 427 g/mol. The quantitative estimate of drug-likeness (QED) is 0.559. The number of amides is 1. The van der Waals surface area contributed by atoms with Gasteiger partial charge in [0.1, 0.15) is 6.61 Å². The molecule has 0 bridgehead atoms. The van der Waals surface area contributed by atoms with E-state index in [2.05, 4.69) is 29.6 Å². The molecule has 1 amide bonds. The van der Waals surface area contributed by atoms with Gasteiger partial charge in [-0.15, -0.1) is 0 Å². The van der Waals surface area contributed by atoms with E-state index in [1.54, 1.807) is 6.07 Å². The molecule has 2 aliphatic carbocycles. The summed E-state index contributed by atoms with van der Waals surface area (Å²) in [5.41, 5.74) is 4.68. The van der Waals surface area contributed by atoms with Crippen molar-refractivity contribution in [3.8, 4) is 11.1 Å². The average Bonchev–Trinajstić information content (AvgIpc) is 3.01. The van der Waals surface area contributed by atoms with E-state index in [0.29, 0.717) is 18.4 Å². The van der Waals surface area contributed by atoms with Crippen molar-refractivity contribution in [2.75, 3.05) is 6.61 Å². The highest BCUT2D eigenvalue weighted by atomic mass is 16.5. The largest absolute Gasteiger partial charge is 0.479 e. The molecule has 2 N–H and O–H groups in total. The van der Waals surface area contributed by atoms with Crippen molar-refractivity contribution >= 4 is 12.1 Å². The van der Waals surface area contributed by atoms with Crippen LogP contribution < -0.4 is 5.32 Å². The van der Waals surface area contributed by atoms with E-state index >= 15 is 0 Å². The minimum absolute atomic E-state index is 0.0738. The van der Waals surface area contributed by atoms with Crippen LogP contribution in [0.4, 0.5) is 4.79 Å². The number of aryl methyl sites for hydroxylation is 1. The highest BCUT2D eigenvalue weighted by Gasteiger charge is 2.44. The molecule has 162 valence electrons. The molecule has 1 atom stereocenters. The molecule has 0 aromatic heterocycles. The fourth-order valence-electron chi connectivity index (χ4n) is 5.21. The number of fused-ring (bicyclic) bond motifs is 4. The van der Waals surface area contributed by atoms with E-state index in [0.717, 1.165) is 40.7 Å². The second kappa shape index (κ2) is 8.15. The van der Waals surface area contributed by atoms with Crippen molar-refractivity contribution in [1.82, 2.24) is 5.32 Å². The van der Waals surface area contributed by atoms with E-state index < -0.39 is 17.6 Å². The standard InChI is InChI=1S/C27H25NO4/c29-25(30)27(16-8-7-10-18-9-1-6-15-24(18)27)28-26(31)32-17-23-21-13-4-2-11-19(21)20-12-3-5-14-22(20)23/h1-6,9,11-15,23H,7-8,10,16-17H2,(H,28,31)(H,29,30)/t27-/m0/s1. The van der Waals surface area contributed by atoms with Gasteiger partial charge < -0.3 is 15.2 Å². The maximum atomic E-state index is 12.9. The van der Waals surface area contributed by atoms with Crippen LogP contribution in [-0.4, -0.2) is 23.8 Å². The van der Waals surface area contributed by atoms with Crippen LogP contribution in [0.15, 0.2) is 72.8 Å². The Labute approximate surface area is 187 Å². The van der Waals surface area contributed by atoms with Crippen LogP contribution in [0.5, 0.6) is 0 Å². The summed E-state index contributed by atoms with van der Waals surface area (Å²) in [5, 5.41) is 12.9. The highest BCUT2D eigenvalue weighted by Crippen LogP contribution is 2.44. The number of carbonyl (C=O) groups is 2. The molecule has 3 aromatic carbocycles. The van der Waals surface area contributed by atoms with Crippen LogP contribution in [0.1, 0.15) is 47.4 Å². The van der Waals surface area contributed by atoms with Crippen LogP contribution >= 0.6 is 0 Å². The minimum Gasteiger partial charge on any atom is -0.479 e. The average molecular weight is 428 g/mol. The van der Waals surface area contributed by atoms with Crippen molar-refractivity contribution < 1.29 is 19.4 Å². The zero-order chi connectivity index (χ0) is 22.1. The van der Waals surface area contributed by atoms with Gasteiger partial charge in [-0.1, -0.05) is 72.8 Å². The third-order valence-corrected chi connectivity index (χ3v) is 6.75. The lowest BCUT2D eigenvalue weighted by Crippen LogP contribution is -2.52. The summed E-state index contributed by atoms with van der Waals surface area (Å²) in [6.45, 7) is 0.150. The molecule has 0 heterocycles. The number of carbonyl (C=O) groups excluding carboxylic acids is 1. The normalized spacial score (nSPS) is 19.2. The van der Waals surface area contributed by atoms with Gasteiger partial charge >= 0.3 is 12.1 Å². The Morgan fingerprint density at radius 3 is 2.22 bits per heavy atom. The van der Waals surface area contributed by atoms with Crippen LogP contribution in [0.3, 0.4) is 0 Å². The van der Waals surface area contributed by atoms with Gasteiger partial charge in [-0.25, -0.2) is 9.59 Å². The molecular weight excluding hydrogens is 402 g/mol. The Morgan fingerprint density at radius 1 is 0.906 bits per heavy atom. The summed E-state index contributed by atoms with van der Waals surface area (Å²) in [5.74, 6) is -1.13. The number of carboxylic acids is 1. The van der Waals surface area contributed by atoms with Gasteiger partial charge in [0.25, 0.3) is 0 Å². The SMILES string of the molecule is O=C(N[C@@]1(C(=O)O)CCCCc2ccccc21)OCC1c2ccccc2-c2ccccc21. The Morgan fingerprint density at radius 2 is 1.53 bits per heavy atom. The summed E-state index contributed by atoms with van der Waals surface area (Å²) < 4.78 is 5.66. The smallest absolute Gasteiger partial charge is 0.408 e. The van der Waals surface area contributed by atoms with Gasteiger partial charge in [-0.2, -0.15) is 0 Å². The molecule has 0 fully saturated rings. The number of nitrogens with one attached hydrogen (secondary N) is 1. The first-order valence-electron chi connectivity index (χ1n) is 11.0. The molecule has 2 aliphatic rings. The van der Waals surface area contributed by atoms with Crippen molar-refractivity contribution in [3.63, 3.8) is 0 Å². The van der Waals surface area contributed by atoms with Gasteiger partial charge in [0, 0.05) is 5.92 Å². The van der Waals surface area contributed by atoms with Crippen molar-refractivity contribution in [2.24, 2.45) is 0 Å². The molecule has 32 heavy (non-hydrogen) atoms. The molecule has 5 nitrogen and oxygen atoms in total. The second-order valence-electron chi connectivity index (χ2n) is 8.53. The zero-order valence-corrected chi connectivity index (χ0v) is 17.7. The number of hydrogen-bond donors (Lipinski definition) is 2. The Balaban J connectivity index is 1.39. The molecule has 5 rings (SSSR count). The predicted octanol–water partition coefficient (Wildman–Crippen LogP) is 5.23. The van der Waals surface area contributed by atoms with E-state index in [1.165, 1.54) is 0 Å². The van der Waals surface area contributed by atoms with Crippen LogP contribution in [0, 0.1) is 0 Å². The number of carboxylic acid groups (broad SMARTS) is 1. The first kappa shape index (κ1) is 20.3. The fraction of sp³-hybridized carbons (Fsp3) is 0.259.